The Kier molecular flexibility index (Phi) is 5.49. The van der Waals surface area contributed by atoms with Crippen LogP contribution in [0.3, 0.4) is 0 Å². The molecule has 0 radical (unpaired) electrons. The van der Waals surface area contributed by atoms with Crippen LogP contribution >= 0.6 is 0 Å². The van der Waals surface area contributed by atoms with Crippen LogP contribution < -0.4 is 19.7 Å². The van der Waals surface area contributed by atoms with Gasteiger partial charge in [-0.1, -0.05) is 12.1 Å². The normalized spacial score (nSPS) is 16.0. The van der Waals surface area contributed by atoms with Crippen molar-refractivity contribution in [2.75, 3.05) is 31.0 Å². The first kappa shape index (κ1) is 19.2. The van der Waals surface area contributed by atoms with Crippen LogP contribution in [0.25, 0.3) is 0 Å². The van der Waals surface area contributed by atoms with E-state index in [2.05, 4.69) is 5.32 Å². The molecule has 8 nitrogen and oxygen atoms in total. The summed E-state index contributed by atoms with van der Waals surface area (Å²) >= 11 is 0. The third kappa shape index (κ3) is 3.75. The monoisotopic (exact) mass is 384 g/mol. The maximum Gasteiger partial charge on any atom is 0.337 e. The van der Waals surface area contributed by atoms with Crippen molar-refractivity contribution in [2.45, 2.75) is 6.42 Å². The highest BCUT2D eigenvalue weighted by molar-refractivity contribution is 6.06. The number of carboxylic acid groups (broad SMARTS) is 1. The van der Waals surface area contributed by atoms with Crippen LogP contribution in [0.2, 0.25) is 0 Å². The Morgan fingerprint density at radius 2 is 1.89 bits per heavy atom. The van der Waals surface area contributed by atoms with Crippen LogP contribution in [-0.2, 0) is 9.59 Å². The summed E-state index contributed by atoms with van der Waals surface area (Å²) in [6, 6.07) is 11.4. The quantitative estimate of drug-likeness (QED) is 0.792. The summed E-state index contributed by atoms with van der Waals surface area (Å²) in [5.41, 5.74) is 0.668. The smallest absolute Gasteiger partial charge is 0.337 e. The summed E-state index contributed by atoms with van der Waals surface area (Å²) in [5, 5.41) is 12.0. The first-order valence-electron chi connectivity index (χ1n) is 8.60. The Balaban J connectivity index is 1.78. The van der Waals surface area contributed by atoms with Crippen molar-refractivity contribution >= 4 is 29.2 Å². The van der Waals surface area contributed by atoms with Gasteiger partial charge in [0.15, 0.2) is 0 Å². The minimum atomic E-state index is -1.19. The first-order valence-corrected chi connectivity index (χ1v) is 8.60. The molecule has 0 spiro atoms. The Labute approximate surface area is 161 Å². The van der Waals surface area contributed by atoms with Crippen molar-refractivity contribution in [2.24, 2.45) is 5.92 Å². The number of amides is 2. The number of carbonyl (C=O) groups excluding carboxylic acids is 2. The second-order valence-electron chi connectivity index (χ2n) is 6.28. The maximum atomic E-state index is 12.7. The molecule has 1 unspecified atom stereocenters. The van der Waals surface area contributed by atoms with Crippen molar-refractivity contribution in [3.05, 3.63) is 48.0 Å². The molecule has 0 aromatic heterocycles. The fourth-order valence-corrected chi connectivity index (χ4v) is 3.14. The van der Waals surface area contributed by atoms with E-state index >= 15 is 0 Å². The number of para-hydroxylation sites is 2. The molecule has 0 aliphatic carbocycles. The van der Waals surface area contributed by atoms with Crippen molar-refractivity contribution in [1.29, 1.82) is 0 Å². The second kappa shape index (κ2) is 7.99. The van der Waals surface area contributed by atoms with Gasteiger partial charge in [0.1, 0.15) is 11.5 Å². The number of ether oxygens (including phenoxy) is 2. The van der Waals surface area contributed by atoms with Gasteiger partial charge >= 0.3 is 5.97 Å². The van der Waals surface area contributed by atoms with Crippen LogP contribution in [0.1, 0.15) is 16.8 Å². The number of anilines is 2. The number of nitrogens with zero attached hydrogens (tertiary/aromatic N) is 1. The predicted octanol–water partition coefficient (Wildman–Crippen LogP) is 2.39. The van der Waals surface area contributed by atoms with Gasteiger partial charge in [-0.15, -0.1) is 0 Å². The first-order chi connectivity index (χ1) is 13.4. The lowest BCUT2D eigenvalue weighted by Crippen LogP contribution is -2.28. The largest absolute Gasteiger partial charge is 0.497 e. The van der Waals surface area contributed by atoms with E-state index in [1.165, 1.54) is 31.3 Å². The molecule has 1 atom stereocenters. The fourth-order valence-electron chi connectivity index (χ4n) is 3.14. The van der Waals surface area contributed by atoms with E-state index in [0.717, 1.165) is 0 Å². The molecule has 8 heteroatoms. The molecule has 3 rings (SSSR count). The summed E-state index contributed by atoms with van der Waals surface area (Å²) in [6.45, 7) is 0.184. The summed E-state index contributed by atoms with van der Waals surface area (Å²) in [4.78, 5) is 38.1. The molecule has 1 aliphatic heterocycles. The number of carboxylic acids is 1. The van der Waals surface area contributed by atoms with Crippen LogP contribution in [0, 0.1) is 5.92 Å². The van der Waals surface area contributed by atoms with Gasteiger partial charge < -0.3 is 24.8 Å². The number of nitrogens with one attached hydrogen (secondary N) is 1. The summed E-state index contributed by atoms with van der Waals surface area (Å²) in [6.07, 6.45) is 0.0302. The van der Waals surface area contributed by atoms with Crippen molar-refractivity contribution in [3.63, 3.8) is 0 Å². The van der Waals surface area contributed by atoms with Crippen molar-refractivity contribution in [1.82, 2.24) is 0 Å². The lowest BCUT2D eigenvalue weighted by Gasteiger charge is -2.19. The molecule has 2 amide bonds. The van der Waals surface area contributed by atoms with Crippen LogP contribution in [0.4, 0.5) is 11.4 Å². The standard InChI is InChI=1S/C20H20N2O6/c1-27-13-7-8-15(14(10-13)20(25)26)21-19(24)12-9-18(23)22(11-12)16-5-3-4-6-17(16)28-2/h3-8,10,12H,9,11H2,1-2H3,(H,21,24)(H,25,26). The SMILES string of the molecule is COc1ccc(NC(=O)C2CC(=O)N(c3ccccc3OC)C2)c(C(=O)O)c1. The number of hydrogen-bond acceptors (Lipinski definition) is 5. The molecule has 0 saturated carbocycles. The zero-order chi connectivity index (χ0) is 20.3. The predicted molar refractivity (Wildman–Crippen MR) is 102 cm³/mol. The van der Waals surface area contributed by atoms with Gasteiger partial charge in [-0.2, -0.15) is 0 Å². The molecule has 1 fully saturated rings. The van der Waals surface area contributed by atoms with E-state index in [1.54, 1.807) is 30.3 Å². The average Bonchev–Trinajstić information content (AvgIpc) is 3.09. The molecule has 28 heavy (non-hydrogen) atoms. The number of rotatable bonds is 6. The Morgan fingerprint density at radius 1 is 1.14 bits per heavy atom. The maximum absolute atomic E-state index is 12.7. The molecule has 146 valence electrons. The van der Waals surface area contributed by atoms with Gasteiger partial charge in [0, 0.05) is 13.0 Å². The zero-order valence-corrected chi connectivity index (χ0v) is 15.5. The van der Waals surface area contributed by atoms with Gasteiger partial charge in [-0.25, -0.2) is 4.79 Å². The van der Waals surface area contributed by atoms with Crippen molar-refractivity contribution in [3.8, 4) is 11.5 Å². The molecular weight excluding hydrogens is 364 g/mol. The number of aromatic carboxylic acids is 1. The summed E-state index contributed by atoms with van der Waals surface area (Å²) < 4.78 is 10.3. The van der Waals surface area contributed by atoms with Crippen LogP contribution in [0.5, 0.6) is 11.5 Å². The van der Waals surface area contributed by atoms with Gasteiger partial charge in [0.05, 0.1) is 37.1 Å². The average molecular weight is 384 g/mol. The Bertz CT molecular complexity index is 927. The van der Waals surface area contributed by atoms with E-state index in [1.807, 2.05) is 0 Å². The molecule has 0 bridgehead atoms. The Morgan fingerprint density at radius 3 is 2.57 bits per heavy atom. The number of hydrogen-bond donors (Lipinski definition) is 2. The molecule has 1 heterocycles. The molecule has 1 saturated heterocycles. The van der Waals surface area contributed by atoms with Crippen LogP contribution in [0.15, 0.2) is 42.5 Å². The third-order valence-electron chi connectivity index (χ3n) is 4.59. The van der Waals surface area contributed by atoms with E-state index in [-0.39, 0.29) is 30.1 Å². The van der Waals surface area contributed by atoms with E-state index in [0.29, 0.717) is 17.2 Å². The number of methoxy groups -OCH3 is 2. The fraction of sp³-hybridized carbons (Fsp3) is 0.250. The molecule has 2 N–H and O–H groups in total. The van der Waals surface area contributed by atoms with Gasteiger partial charge in [0.2, 0.25) is 11.8 Å². The lowest BCUT2D eigenvalue weighted by molar-refractivity contribution is -0.122. The van der Waals surface area contributed by atoms with Crippen LogP contribution in [-0.4, -0.2) is 43.7 Å². The minimum Gasteiger partial charge on any atom is -0.497 e. The molecule has 2 aromatic rings. The number of carbonyl (C=O) groups is 3. The van der Waals surface area contributed by atoms with Crippen molar-refractivity contribution < 1.29 is 29.0 Å². The third-order valence-corrected chi connectivity index (χ3v) is 4.59. The lowest BCUT2D eigenvalue weighted by atomic mass is 10.1. The highest BCUT2D eigenvalue weighted by Crippen LogP contribution is 2.33. The van der Waals surface area contributed by atoms with Gasteiger partial charge in [-0.3, -0.25) is 9.59 Å². The van der Waals surface area contributed by atoms with Gasteiger partial charge in [-0.05, 0) is 30.3 Å². The molecule has 2 aromatic carbocycles. The topological polar surface area (TPSA) is 105 Å². The van der Waals surface area contributed by atoms with E-state index in [4.69, 9.17) is 9.47 Å². The molecular formula is C20H20N2O6. The highest BCUT2D eigenvalue weighted by Gasteiger charge is 2.36. The summed E-state index contributed by atoms with van der Waals surface area (Å²) in [5.74, 6) is -1.50. The highest BCUT2D eigenvalue weighted by atomic mass is 16.5. The number of benzene rings is 2. The summed E-state index contributed by atoms with van der Waals surface area (Å²) in [7, 11) is 2.94. The van der Waals surface area contributed by atoms with E-state index < -0.39 is 17.8 Å². The van der Waals surface area contributed by atoms with E-state index in [9.17, 15) is 19.5 Å². The Hall–Kier alpha value is -3.55. The minimum absolute atomic E-state index is 0.0302. The molecule has 1 aliphatic rings. The second-order valence-corrected chi connectivity index (χ2v) is 6.28. The zero-order valence-electron chi connectivity index (χ0n) is 15.5. The van der Waals surface area contributed by atoms with Gasteiger partial charge in [0.25, 0.3) is 0 Å².